The number of carbonyl (C=O) groups excluding carboxylic acids is 1. The Morgan fingerprint density at radius 3 is 2.75 bits per heavy atom. The summed E-state index contributed by atoms with van der Waals surface area (Å²) in [6.45, 7) is -0.0811. The molecule has 0 fully saturated rings. The number of rotatable bonds is 4. The van der Waals surface area contributed by atoms with Gasteiger partial charge in [-0.15, -0.1) is 16.4 Å². The lowest BCUT2D eigenvalue weighted by Crippen LogP contribution is -2.30. The molecular formula is C23H17ClN4O3S. The van der Waals surface area contributed by atoms with Gasteiger partial charge in [0.1, 0.15) is 4.83 Å². The second-order valence-corrected chi connectivity index (χ2v) is 9.36. The number of ketones is 1. The third-order valence-electron chi connectivity index (χ3n) is 5.85. The summed E-state index contributed by atoms with van der Waals surface area (Å²) in [6, 6.07) is 10.2. The van der Waals surface area contributed by atoms with Gasteiger partial charge in [-0.2, -0.15) is 4.52 Å². The smallest absolute Gasteiger partial charge is 0.352 e. The number of furan rings is 1. The average Bonchev–Trinajstić information content (AvgIpc) is 3.54. The van der Waals surface area contributed by atoms with Crippen molar-refractivity contribution in [1.29, 1.82) is 0 Å². The number of fused-ring (bicyclic) bond motifs is 5. The van der Waals surface area contributed by atoms with Crippen LogP contribution in [-0.4, -0.2) is 24.9 Å². The van der Waals surface area contributed by atoms with Crippen molar-refractivity contribution in [3.63, 3.8) is 0 Å². The van der Waals surface area contributed by atoms with Gasteiger partial charge < -0.3 is 4.42 Å². The molecule has 0 unspecified atom stereocenters. The Bertz CT molecular complexity index is 1540. The summed E-state index contributed by atoms with van der Waals surface area (Å²) in [5.41, 5.74) is 1.85. The van der Waals surface area contributed by atoms with Gasteiger partial charge in [-0.1, -0.05) is 11.6 Å². The van der Waals surface area contributed by atoms with Gasteiger partial charge in [0.15, 0.2) is 17.2 Å². The van der Waals surface area contributed by atoms with E-state index in [4.69, 9.17) is 16.0 Å². The van der Waals surface area contributed by atoms with Crippen LogP contribution in [0.15, 0.2) is 51.9 Å². The summed E-state index contributed by atoms with van der Waals surface area (Å²) in [5, 5.41) is 5.91. The fourth-order valence-corrected chi connectivity index (χ4v) is 5.80. The first-order valence-corrected chi connectivity index (χ1v) is 11.6. The van der Waals surface area contributed by atoms with Crippen LogP contribution in [-0.2, 0) is 19.4 Å². The SMILES string of the molecule is O=C(Cn1c(=O)n2nc(-c3ccco3)nc2c2c3c(sc21)CCCC3)c1ccc(Cl)cc1. The zero-order valence-corrected chi connectivity index (χ0v) is 18.4. The molecule has 0 saturated heterocycles. The summed E-state index contributed by atoms with van der Waals surface area (Å²) in [4.78, 5) is 33.2. The van der Waals surface area contributed by atoms with Gasteiger partial charge in [-0.25, -0.2) is 9.78 Å². The highest BCUT2D eigenvalue weighted by atomic mass is 35.5. The predicted octanol–water partition coefficient (Wildman–Crippen LogP) is 4.78. The third kappa shape index (κ3) is 3.02. The van der Waals surface area contributed by atoms with Crippen molar-refractivity contribution in [2.45, 2.75) is 32.2 Å². The van der Waals surface area contributed by atoms with Crippen LogP contribution < -0.4 is 5.69 Å². The quantitative estimate of drug-likeness (QED) is 0.357. The van der Waals surface area contributed by atoms with Crippen LogP contribution in [0, 0.1) is 0 Å². The Balaban J connectivity index is 1.59. The highest BCUT2D eigenvalue weighted by Gasteiger charge is 2.25. The monoisotopic (exact) mass is 464 g/mol. The van der Waals surface area contributed by atoms with E-state index in [0.29, 0.717) is 27.8 Å². The lowest BCUT2D eigenvalue weighted by molar-refractivity contribution is 0.0972. The molecule has 0 spiro atoms. The van der Waals surface area contributed by atoms with E-state index in [1.165, 1.54) is 19.5 Å². The maximum absolute atomic E-state index is 13.5. The Morgan fingerprint density at radius 2 is 1.97 bits per heavy atom. The molecule has 6 rings (SSSR count). The Labute approximate surface area is 190 Å². The minimum absolute atomic E-state index is 0.0811. The lowest BCUT2D eigenvalue weighted by Gasteiger charge is -2.11. The van der Waals surface area contributed by atoms with Gasteiger partial charge in [-0.3, -0.25) is 9.36 Å². The van der Waals surface area contributed by atoms with Crippen molar-refractivity contribution >= 4 is 44.6 Å². The highest BCUT2D eigenvalue weighted by molar-refractivity contribution is 7.19. The molecule has 1 aliphatic carbocycles. The number of Topliss-reactive ketones (excluding diaryl/α,β-unsaturated/α-hetero) is 1. The van der Waals surface area contributed by atoms with Gasteiger partial charge in [0.25, 0.3) is 0 Å². The number of aryl methyl sites for hydroxylation is 2. The van der Waals surface area contributed by atoms with E-state index in [2.05, 4.69) is 10.1 Å². The second kappa shape index (κ2) is 7.43. The van der Waals surface area contributed by atoms with E-state index in [1.54, 1.807) is 54.0 Å². The van der Waals surface area contributed by atoms with Crippen LogP contribution in [0.25, 0.3) is 27.4 Å². The second-order valence-electron chi connectivity index (χ2n) is 7.84. The van der Waals surface area contributed by atoms with E-state index >= 15 is 0 Å². The normalized spacial score (nSPS) is 13.7. The predicted molar refractivity (Wildman–Crippen MR) is 123 cm³/mol. The summed E-state index contributed by atoms with van der Waals surface area (Å²) in [6.07, 6.45) is 5.66. The summed E-state index contributed by atoms with van der Waals surface area (Å²) < 4.78 is 8.28. The zero-order valence-electron chi connectivity index (χ0n) is 16.9. The number of thiophene rings is 1. The van der Waals surface area contributed by atoms with Crippen molar-refractivity contribution in [3.8, 4) is 11.6 Å². The first-order valence-electron chi connectivity index (χ1n) is 10.4. The molecule has 0 amide bonds. The average molecular weight is 465 g/mol. The van der Waals surface area contributed by atoms with Crippen molar-refractivity contribution in [3.05, 3.63) is 74.2 Å². The van der Waals surface area contributed by atoms with Crippen molar-refractivity contribution in [2.24, 2.45) is 0 Å². The molecule has 160 valence electrons. The lowest BCUT2D eigenvalue weighted by atomic mass is 9.97. The third-order valence-corrected chi connectivity index (χ3v) is 7.42. The van der Waals surface area contributed by atoms with Crippen LogP contribution in [0.5, 0.6) is 0 Å². The molecule has 9 heteroatoms. The number of nitrogens with zero attached hydrogens (tertiary/aromatic N) is 4. The van der Waals surface area contributed by atoms with Crippen LogP contribution >= 0.6 is 22.9 Å². The Kier molecular flexibility index (Phi) is 4.51. The topological polar surface area (TPSA) is 82.4 Å². The van der Waals surface area contributed by atoms with Gasteiger partial charge in [-0.05, 0) is 67.6 Å². The number of carbonyl (C=O) groups is 1. The number of benzene rings is 1. The van der Waals surface area contributed by atoms with Crippen LogP contribution in [0.2, 0.25) is 5.02 Å². The van der Waals surface area contributed by atoms with Gasteiger partial charge in [0.2, 0.25) is 5.82 Å². The standard InChI is InChI=1S/C23H17ClN4O3S/c24-14-9-7-13(8-10-14)16(29)12-27-22-19(15-4-1-2-6-18(15)32-22)21-25-20(17-5-3-11-31-17)26-28(21)23(27)30/h3,5,7-11H,1-2,4,6,12H2. The number of halogens is 1. The Hall–Kier alpha value is -3.23. The van der Waals surface area contributed by atoms with E-state index in [9.17, 15) is 9.59 Å². The van der Waals surface area contributed by atoms with E-state index in [-0.39, 0.29) is 12.3 Å². The zero-order chi connectivity index (χ0) is 21.8. The molecule has 1 aliphatic rings. The number of aromatic nitrogens is 4. The molecule has 0 aliphatic heterocycles. The number of hydrogen-bond acceptors (Lipinski definition) is 6. The van der Waals surface area contributed by atoms with E-state index < -0.39 is 5.69 Å². The summed E-state index contributed by atoms with van der Waals surface area (Å²) >= 11 is 7.54. The largest absolute Gasteiger partial charge is 0.461 e. The van der Waals surface area contributed by atoms with Crippen molar-refractivity contribution < 1.29 is 9.21 Å². The van der Waals surface area contributed by atoms with E-state index in [1.807, 2.05) is 0 Å². The minimum Gasteiger partial charge on any atom is -0.461 e. The molecule has 4 heterocycles. The Morgan fingerprint density at radius 1 is 1.16 bits per heavy atom. The van der Waals surface area contributed by atoms with Crippen molar-refractivity contribution in [2.75, 3.05) is 0 Å². The van der Waals surface area contributed by atoms with Gasteiger partial charge in [0, 0.05) is 15.5 Å². The van der Waals surface area contributed by atoms with Crippen molar-refractivity contribution in [1.82, 2.24) is 19.2 Å². The fourth-order valence-electron chi connectivity index (χ4n) is 4.30. The molecule has 0 atom stereocenters. The highest BCUT2D eigenvalue weighted by Crippen LogP contribution is 2.38. The van der Waals surface area contributed by atoms with Crippen LogP contribution in [0.1, 0.15) is 33.6 Å². The molecular weight excluding hydrogens is 448 g/mol. The fraction of sp³-hybridized carbons (Fsp3) is 0.217. The van der Waals surface area contributed by atoms with Gasteiger partial charge in [0.05, 0.1) is 18.2 Å². The summed E-state index contributed by atoms with van der Waals surface area (Å²) in [7, 11) is 0. The maximum atomic E-state index is 13.5. The first-order chi connectivity index (χ1) is 15.6. The molecule has 1 aromatic carbocycles. The molecule has 32 heavy (non-hydrogen) atoms. The number of hydrogen-bond donors (Lipinski definition) is 0. The van der Waals surface area contributed by atoms with Crippen LogP contribution in [0.3, 0.4) is 0 Å². The molecule has 4 aromatic heterocycles. The molecule has 0 radical (unpaired) electrons. The molecule has 7 nitrogen and oxygen atoms in total. The van der Waals surface area contributed by atoms with E-state index in [0.717, 1.165) is 35.9 Å². The molecule has 0 bridgehead atoms. The molecule has 0 N–H and O–H groups in total. The molecule has 0 saturated carbocycles. The molecule has 5 aromatic rings. The minimum atomic E-state index is -0.390. The van der Waals surface area contributed by atoms with Crippen LogP contribution in [0.4, 0.5) is 0 Å². The van der Waals surface area contributed by atoms with Gasteiger partial charge >= 0.3 is 5.69 Å². The maximum Gasteiger partial charge on any atom is 0.352 e. The summed E-state index contributed by atoms with van der Waals surface area (Å²) in [5.74, 6) is 0.683. The first kappa shape index (κ1) is 19.5.